The summed E-state index contributed by atoms with van der Waals surface area (Å²) in [5, 5.41) is 10.2. The Morgan fingerprint density at radius 2 is 1.70 bits per heavy atom. The van der Waals surface area contributed by atoms with Crippen LogP contribution in [-0.4, -0.2) is 40.4 Å². The third kappa shape index (κ3) is 4.26. The SMILES string of the molecule is O=C(Nc1nnc(-c2ccccn2)o1)c1ccc(S(=O)(=O)N2CCc3ccccc3C2)cc1. The van der Waals surface area contributed by atoms with Gasteiger partial charge in [-0.15, -0.1) is 5.10 Å². The lowest BCUT2D eigenvalue weighted by Crippen LogP contribution is -2.35. The van der Waals surface area contributed by atoms with Crippen molar-refractivity contribution < 1.29 is 17.6 Å². The van der Waals surface area contributed by atoms with Gasteiger partial charge in [0, 0.05) is 24.8 Å². The van der Waals surface area contributed by atoms with E-state index in [9.17, 15) is 13.2 Å². The Balaban J connectivity index is 1.28. The van der Waals surface area contributed by atoms with E-state index in [4.69, 9.17) is 4.42 Å². The van der Waals surface area contributed by atoms with Gasteiger partial charge in [0.25, 0.3) is 11.8 Å². The van der Waals surface area contributed by atoms with E-state index < -0.39 is 15.9 Å². The number of nitrogens with zero attached hydrogens (tertiary/aromatic N) is 4. The van der Waals surface area contributed by atoms with Crippen molar-refractivity contribution in [3.8, 4) is 11.6 Å². The molecule has 1 aliphatic rings. The van der Waals surface area contributed by atoms with E-state index in [0.717, 1.165) is 5.56 Å². The summed E-state index contributed by atoms with van der Waals surface area (Å²) in [6, 6.07) is 18.8. The quantitative estimate of drug-likeness (QED) is 0.485. The highest BCUT2D eigenvalue weighted by Crippen LogP contribution is 2.25. The van der Waals surface area contributed by atoms with Gasteiger partial charge in [-0.25, -0.2) is 8.42 Å². The van der Waals surface area contributed by atoms with Crippen LogP contribution < -0.4 is 5.32 Å². The summed E-state index contributed by atoms with van der Waals surface area (Å²) in [7, 11) is -3.68. The maximum absolute atomic E-state index is 13.1. The van der Waals surface area contributed by atoms with Crippen molar-refractivity contribution in [1.82, 2.24) is 19.5 Å². The fourth-order valence-corrected chi connectivity index (χ4v) is 5.06. The molecular formula is C23H19N5O4S. The van der Waals surface area contributed by atoms with Crippen molar-refractivity contribution >= 4 is 21.9 Å². The van der Waals surface area contributed by atoms with Gasteiger partial charge < -0.3 is 4.42 Å². The highest BCUT2D eigenvalue weighted by atomic mass is 32.2. The number of carbonyl (C=O) groups excluding carboxylic acids is 1. The minimum Gasteiger partial charge on any atom is -0.401 e. The molecule has 3 heterocycles. The Morgan fingerprint density at radius 1 is 0.939 bits per heavy atom. The third-order valence-electron chi connectivity index (χ3n) is 5.38. The average Bonchev–Trinajstić information content (AvgIpc) is 3.33. The number of carbonyl (C=O) groups is 1. The summed E-state index contributed by atoms with van der Waals surface area (Å²) in [4.78, 5) is 16.8. The molecule has 4 aromatic rings. The van der Waals surface area contributed by atoms with Crippen LogP contribution in [0.4, 0.5) is 6.01 Å². The second kappa shape index (κ2) is 8.57. The molecule has 0 bridgehead atoms. The molecule has 0 saturated carbocycles. The molecule has 2 aromatic carbocycles. The Kier molecular flexibility index (Phi) is 5.45. The summed E-state index contributed by atoms with van der Waals surface area (Å²) < 4.78 is 33.1. The number of hydrogen-bond acceptors (Lipinski definition) is 7. The Morgan fingerprint density at radius 3 is 2.45 bits per heavy atom. The zero-order valence-corrected chi connectivity index (χ0v) is 18.2. The first kappa shape index (κ1) is 21.0. The molecule has 0 spiro atoms. The lowest BCUT2D eigenvalue weighted by Gasteiger charge is -2.28. The molecule has 0 unspecified atom stereocenters. The van der Waals surface area contributed by atoms with Gasteiger partial charge in [-0.3, -0.25) is 15.1 Å². The minimum atomic E-state index is -3.68. The molecule has 5 rings (SSSR count). The van der Waals surface area contributed by atoms with Gasteiger partial charge in [0.15, 0.2) is 0 Å². The average molecular weight is 462 g/mol. The number of amides is 1. The number of pyridine rings is 1. The van der Waals surface area contributed by atoms with Crippen LogP contribution >= 0.6 is 0 Å². The van der Waals surface area contributed by atoms with Gasteiger partial charge in [0.1, 0.15) is 5.69 Å². The van der Waals surface area contributed by atoms with Crippen molar-refractivity contribution in [3.63, 3.8) is 0 Å². The van der Waals surface area contributed by atoms with Crippen LogP contribution in [0.3, 0.4) is 0 Å². The third-order valence-corrected chi connectivity index (χ3v) is 7.24. The number of benzene rings is 2. The largest absolute Gasteiger partial charge is 0.401 e. The highest BCUT2D eigenvalue weighted by molar-refractivity contribution is 7.89. The second-order valence-corrected chi connectivity index (χ2v) is 9.40. The summed E-state index contributed by atoms with van der Waals surface area (Å²) in [6.07, 6.45) is 2.26. The zero-order chi connectivity index (χ0) is 22.8. The lowest BCUT2D eigenvalue weighted by atomic mass is 10.0. The molecule has 1 amide bonds. The van der Waals surface area contributed by atoms with E-state index >= 15 is 0 Å². The smallest absolute Gasteiger partial charge is 0.322 e. The van der Waals surface area contributed by atoms with Crippen molar-refractivity contribution in [3.05, 3.63) is 89.6 Å². The van der Waals surface area contributed by atoms with Crippen LogP contribution in [0.5, 0.6) is 0 Å². The first-order chi connectivity index (χ1) is 16.0. The zero-order valence-electron chi connectivity index (χ0n) is 17.4. The number of sulfonamides is 1. The minimum absolute atomic E-state index is 0.0793. The Bertz CT molecular complexity index is 1400. The van der Waals surface area contributed by atoms with E-state index in [0.29, 0.717) is 25.2 Å². The number of anilines is 1. The topological polar surface area (TPSA) is 118 Å². The maximum atomic E-state index is 13.1. The van der Waals surface area contributed by atoms with Crippen LogP contribution in [0.15, 0.2) is 82.2 Å². The molecule has 0 saturated heterocycles. The number of hydrogen-bond donors (Lipinski definition) is 1. The second-order valence-electron chi connectivity index (χ2n) is 7.46. The van der Waals surface area contributed by atoms with Crippen LogP contribution in [0, 0.1) is 0 Å². The standard InChI is InChI=1S/C23H19N5O4S/c29-21(25-23-27-26-22(32-23)20-7-3-4-13-24-20)17-8-10-19(11-9-17)33(30,31)28-14-12-16-5-1-2-6-18(16)15-28/h1-11,13H,12,14-15H2,(H,25,27,29). The molecule has 0 radical (unpaired) electrons. The molecular weight excluding hydrogens is 442 g/mol. The van der Waals surface area contributed by atoms with Crippen LogP contribution in [0.25, 0.3) is 11.6 Å². The van der Waals surface area contributed by atoms with E-state index in [-0.39, 0.29) is 22.4 Å². The molecule has 166 valence electrons. The number of nitrogens with one attached hydrogen (secondary N) is 1. The van der Waals surface area contributed by atoms with Crippen molar-refractivity contribution in [2.24, 2.45) is 0 Å². The molecule has 1 aliphatic heterocycles. The molecule has 2 aromatic heterocycles. The summed E-state index contributed by atoms with van der Waals surface area (Å²) in [5.74, 6) is -0.322. The van der Waals surface area contributed by atoms with Gasteiger partial charge in [-0.1, -0.05) is 35.4 Å². The van der Waals surface area contributed by atoms with Crippen LogP contribution in [-0.2, 0) is 23.0 Å². The van der Waals surface area contributed by atoms with Crippen molar-refractivity contribution in [2.75, 3.05) is 11.9 Å². The van der Waals surface area contributed by atoms with Crippen LogP contribution in [0.1, 0.15) is 21.5 Å². The van der Waals surface area contributed by atoms with E-state index in [1.165, 1.54) is 34.1 Å². The van der Waals surface area contributed by atoms with Gasteiger partial charge in [0.2, 0.25) is 10.0 Å². The summed E-state index contributed by atoms with van der Waals surface area (Å²) in [6.45, 7) is 0.744. The van der Waals surface area contributed by atoms with E-state index in [1.807, 2.05) is 24.3 Å². The highest BCUT2D eigenvalue weighted by Gasteiger charge is 2.28. The molecule has 9 nitrogen and oxygen atoms in total. The number of rotatable bonds is 5. The predicted octanol–water partition coefficient (Wildman–Crippen LogP) is 3.13. The van der Waals surface area contributed by atoms with Gasteiger partial charge in [-0.2, -0.15) is 4.31 Å². The normalized spacial score (nSPS) is 13.9. The van der Waals surface area contributed by atoms with Gasteiger partial charge >= 0.3 is 6.01 Å². The van der Waals surface area contributed by atoms with E-state index in [2.05, 4.69) is 20.5 Å². The first-order valence-corrected chi connectivity index (χ1v) is 11.7. The van der Waals surface area contributed by atoms with Crippen LogP contribution in [0.2, 0.25) is 0 Å². The van der Waals surface area contributed by atoms with Gasteiger partial charge in [0.05, 0.1) is 4.90 Å². The molecule has 0 atom stereocenters. The Hall–Kier alpha value is -3.89. The van der Waals surface area contributed by atoms with Crippen molar-refractivity contribution in [2.45, 2.75) is 17.9 Å². The fourth-order valence-electron chi connectivity index (χ4n) is 3.64. The van der Waals surface area contributed by atoms with Gasteiger partial charge in [-0.05, 0) is 53.9 Å². The van der Waals surface area contributed by atoms with Crippen molar-refractivity contribution in [1.29, 1.82) is 0 Å². The molecule has 0 aliphatic carbocycles. The predicted molar refractivity (Wildman–Crippen MR) is 120 cm³/mol. The number of fused-ring (bicyclic) bond motifs is 1. The maximum Gasteiger partial charge on any atom is 0.322 e. The summed E-state index contributed by atoms with van der Waals surface area (Å²) >= 11 is 0. The van der Waals surface area contributed by atoms with E-state index in [1.54, 1.807) is 24.4 Å². The molecule has 1 N–H and O–H groups in total. The molecule has 10 heteroatoms. The molecule has 33 heavy (non-hydrogen) atoms. The monoisotopic (exact) mass is 461 g/mol. The molecule has 0 fully saturated rings. The lowest BCUT2D eigenvalue weighted by molar-refractivity contribution is 0.102. The first-order valence-electron chi connectivity index (χ1n) is 10.2. The fraction of sp³-hybridized carbons (Fsp3) is 0.130. The Labute approximate surface area is 190 Å². The number of aromatic nitrogens is 3. The summed E-state index contributed by atoms with van der Waals surface area (Å²) in [5.41, 5.74) is 2.92.